The normalized spacial score (nSPS) is 12.0. The van der Waals surface area contributed by atoms with Crippen molar-refractivity contribution in [2.45, 2.75) is 12.6 Å². The second-order valence-corrected chi connectivity index (χ2v) is 4.83. The van der Waals surface area contributed by atoms with Gasteiger partial charge in [-0.25, -0.2) is 4.98 Å². The topological polar surface area (TPSA) is 54.7 Å². The van der Waals surface area contributed by atoms with Crippen LogP contribution in [-0.4, -0.2) is 9.97 Å². The van der Waals surface area contributed by atoms with Crippen molar-refractivity contribution < 1.29 is 13.2 Å². The summed E-state index contributed by atoms with van der Waals surface area (Å²) in [6.45, 7) is 0. The fourth-order valence-electron chi connectivity index (χ4n) is 2.17. The number of nitrogens with zero attached hydrogens (tertiary/aromatic N) is 1. The number of nitrogens with two attached hydrogens (primary N) is 1. The highest BCUT2D eigenvalue weighted by Crippen LogP contribution is 2.29. The van der Waals surface area contributed by atoms with Gasteiger partial charge in [0.2, 0.25) is 0 Å². The number of imidazole rings is 1. The number of anilines is 1. The fraction of sp³-hybridized carbons (Fsp3) is 0.133. The lowest BCUT2D eigenvalue weighted by Gasteiger charge is -2.06. The van der Waals surface area contributed by atoms with E-state index < -0.39 is 11.7 Å². The zero-order valence-corrected chi connectivity index (χ0v) is 10.9. The van der Waals surface area contributed by atoms with E-state index in [9.17, 15) is 13.2 Å². The van der Waals surface area contributed by atoms with Crippen molar-refractivity contribution in [1.82, 2.24) is 9.97 Å². The minimum atomic E-state index is -4.31. The van der Waals surface area contributed by atoms with Gasteiger partial charge in [0.1, 0.15) is 5.82 Å². The summed E-state index contributed by atoms with van der Waals surface area (Å²) in [5, 5.41) is 0. The number of rotatable bonds is 2. The van der Waals surface area contributed by atoms with Gasteiger partial charge in [0, 0.05) is 12.1 Å². The molecule has 21 heavy (non-hydrogen) atoms. The molecule has 0 saturated carbocycles. The van der Waals surface area contributed by atoms with Crippen molar-refractivity contribution in [3.63, 3.8) is 0 Å². The van der Waals surface area contributed by atoms with E-state index in [0.29, 0.717) is 17.9 Å². The lowest BCUT2D eigenvalue weighted by molar-refractivity contribution is -0.137. The lowest BCUT2D eigenvalue weighted by Crippen LogP contribution is -2.04. The molecule has 3 aromatic rings. The molecule has 3 rings (SSSR count). The molecule has 108 valence electrons. The van der Waals surface area contributed by atoms with Crippen LogP contribution in [0.25, 0.3) is 11.0 Å². The molecule has 0 aliphatic carbocycles. The Morgan fingerprint density at radius 3 is 2.43 bits per heavy atom. The van der Waals surface area contributed by atoms with Gasteiger partial charge in [0.25, 0.3) is 0 Å². The summed E-state index contributed by atoms with van der Waals surface area (Å²) in [5.41, 5.74) is 8.03. The zero-order valence-electron chi connectivity index (χ0n) is 10.9. The smallest absolute Gasteiger partial charge is 0.399 e. The van der Waals surface area contributed by atoms with Gasteiger partial charge in [0.05, 0.1) is 16.6 Å². The van der Waals surface area contributed by atoms with Crippen LogP contribution in [-0.2, 0) is 12.6 Å². The Balaban J connectivity index is 1.84. The SMILES string of the molecule is Nc1ccc2nc(Cc3ccc(C(F)(F)F)cc3)[nH]c2c1. The van der Waals surface area contributed by atoms with E-state index in [2.05, 4.69) is 9.97 Å². The molecular formula is C15H12F3N3. The molecule has 3 N–H and O–H groups in total. The van der Waals surface area contributed by atoms with E-state index in [4.69, 9.17) is 5.73 Å². The maximum absolute atomic E-state index is 12.5. The average molecular weight is 291 g/mol. The fourth-order valence-corrected chi connectivity index (χ4v) is 2.17. The van der Waals surface area contributed by atoms with Gasteiger partial charge in [0.15, 0.2) is 0 Å². The molecule has 0 aliphatic rings. The van der Waals surface area contributed by atoms with E-state index in [0.717, 1.165) is 28.7 Å². The second kappa shape index (κ2) is 4.80. The number of H-pyrrole nitrogens is 1. The van der Waals surface area contributed by atoms with Crippen LogP contribution in [0.4, 0.5) is 18.9 Å². The Labute approximate surface area is 118 Å². The lowest BCUT2D eigenvalue weighted by atomic mass is 10.1. The molecule has 6 heteroatoms. The minimum absolute atomic E-state index is 0.437. The van der Waals surface area contributed by atoms with Gasteiger partial charge >= 0.3 is 6.18 Å². The van der Waals surface area contributed by atoms with E-state index in [-0.39, 0.29) is 0 Å². The molecule has 0 aliphatic heterocycles. The second-order valence-electron chi connectivity index (χ2n) is 4.83. The molecule has 0 unspecified atom stereocenters. The molecule has 1 aromatic heterocycles. The molecule has 0 amide bonds. The molecule has 0 radical (unpaired) electrons. The predicted molar refractivity (Wildman–Crippen MR) is 74.8 cm³/mol. The summed E-state index contributed by atoms with van der Waals surface area (Å²) in [6.07, 6.45) is -3.87. The van der Waals surface area contributed by atoms with Crippen LogP contribution < -0.4 is 5.73 Å². The number of aromatic amines is 1. The zero-order chi connectivity index (χ0) is 15.0. The first-order valence-corrected chi connectivity index (χ1v) is 6.32. The van der Waals surface area contributed by atoms with Gasteiger partial charge < -0.3 is 10.7 Å². The molecule has 0 atom stereocenters. The van der Waals surface area contributed by atoms with Crippen LogP contribution in [0, 0.1) is 0 Å². The van der Waals surface area contributed by atoms with Gasteiger partial charge in [-0.1, -0.05) is 12.1 Å². The maximum Gasteiger partial charge on any atom is 0.416 e. The van der Waals surface area contributed by atoms with E-state index in [1.165, 1.54) is 12.1 Å². The van der Waals surface area contributed by atoms with Crippen molar-refractivity contribution >= 4 is 16.7 Å². The Kier molecular flexibility index (Phi) is 3.08. The van der Waals surface area contributed by atoms with Crippen LogP contribution in [0.1, 0.15) is 17.0 Å². The Morgan fingerprint density at radius 2 is 1.76 bits per heavy atom. The standard InChI is InChI=1S/C15H12F3N3/c16-15(17,18)10-3-1-9(2-4-10)7-14-20-12-6-5-11(19)8-13(12)21-14/h1-6,8H,7,19H2,(H,20,21). The first-order chi connectivity index (χ1) is 9.91. The summed E-state index contributed by atoms with van der Waals surface area (Å²) >= 11 is 0. The third kappa shape index (κ3) is 2.84. The maximum atomic E-state index is 12.5. The number of alkyl halides is 3. The van der Waals surface area contributed by atoms with Crippen molar-refractivity contribution in [2.75, 3.05) is 5.73 Å². The van der Waals surface area contributed by atoms with Crippen LogP contribution in [0.5, 0.6) is 0 Å². The summed E-state index contributed by atoms with van der Waals surface area (Å²) in [5.74, 6) is 0.690. The van der Waals surface area contributed by atoms with Gasteiger partial charge in [-0.15, -0.1) is 0 Å². The van der Waals surface area contributed by atoms with Gasteiger partial charge in [-0.05, 0) is 35.9 Å². The van der Waals surface area contributed by atoms with Crippen LogP contribution in [0.3, 0.4) is 0 Å². The van der Waals surface area contributed by atoms with Crippen molar-refractivity contribution in [1.29, 1.82) is 0 Å². The highest BCUT2D eigenvalue weighted by atomic mass is 19.4. The number of nitrogen functional groups attached to an aromatic ring is 1. The van der Waals surface area contributed by atoms with Crippen molar-refractivity contribution in [3.8, 4) is 0 Å². The Hall–Kier alpha value is -2.50. The number of halogens is 3. The summed E-state index contributed by atoms with van der Waals surface area (Å²) in [4.78, 5) is 7.50. The van der Waals surface area contributed by atoms with Crippen molar-refractivity contribution in [3.05, 3.63) is 59.4 Å². The summed E-state index contributed by atoms with van der Waals surface area (Å²) in [6, 6.07) is 10.4. The number of benzene rings is 2. The summed E-state index contributed by atoms with van der Waals surface area (Å²) < 4.78 is 37.5. The number of nitrogens with one attached hydrogen (secondary N) is 1. The van der Waals surface area contributed by atoms with Gasteiger partial charge in [-0.3, -0.25) is 0 Å². The molecular weight excluding hydrogens is 279 g/mol. The third-order valence-corrected chi connectivity index (χ3v) is 3.21. The van der Waals surface area contributed by atoms with E-state index in [1.807, 2.05) is 0 Å². The van der Waals surface area contributed by atoms with Crippen LogP contribution >= 0.6 is 0 Å². The molecule has 2 aromatic carbocycles. The largest absolute Gasteiger partial charge is 0.416 e. The molecule has 0 saturated heterocycles. The molecule has 0 bridgehead atoms. The molecule has 1 heterocycles. The minimum Gasteiger partial charge on any atom is -0.399 e. The monoisotopic (exact) mass is 291 g/mol. The third-order valence-electron chi connectivity index (χ3n) is 3.21. The molecule has 0 spiro atoms. The van der Waals surface area contributed by atoms with Crippen molar-refractivity contribution in [2.24, 2.45) is 0 Å². The first-order valence-electron chi connectivity index (χ1n) is 6.32. The Bertz CT molecular complexity index is 773. The van der Waals surface area contributed by atoms with Crippen LogP contribution in [0.15, 0.2) is 42.5 Å². The van der Waals surface area contributed by atoms with Crippen LogP contribution in [0.2, 0.25) is 0 Å². The number of fused-ring (bicyclic) bond motifs is 1. The number of hydrogen-bond acceptors (Lipinski definition) is 2. The Morgan fingerprint density at radius 1 is 1.05 bits per heavy atom. The van der Waals surface area contributed by atoms with E-state index in [1.54, 1.807) is 18.2 Å². The molecule has 3 nitrogen and oxygen atoms in total. The van der Waals surface area contributed by atoms with E-state index >= 15 is 0 Å². The summed E-state index contributed by atoms with van der Waals surface area (Å²) in [7, 11) is 0. The number of hydrogen-bond donors (Lipinski definition) is 2. The predicted octanol–water partition coefficient (Wildman–Crippen LogP) is 3.75. The quantitative estimate of drug-likeness (QED) is 0.706. The highest BCUT2D eigenvalue weighted by Gasteiger charge is 2.29. The van der Waals surface area contributed by atoms with Gasteiger partial charge in [-0.2, -0.15) is 13.2 Å². The molecule has 0 fully saturated rings. The first kappa shape index (κ1) is 13.5. The average Bonchev–Trinajstić information content (AvgIpc) is 2.79. The highest BCUT2D eigenvalue weighted by molar-refractivity contribution is 5.78. The number of aromatic nitrogens is 2.